The Morgan fingerprint density at radius 1 is 0.732 bits per heavy atom. The number of guanidine groups is 1. The van der Waals surface area contributed by atoms with Gasteiger partial charge in [-0.3, -0.25) is 24.2 Å². The van der Waals surface area contributed by atoms with E-state index in [2.05, 4.69) is 41.2 Å². The highest BCUT2D eigenvalue weighted by Gasteiger charge is 2.32. The number of carboxylic acid groups (broad SMARTS) is 1. The van der Waals surface area contributed by atoms with Crippen LogP contribution in [-0.2, 0) is 43.2 Å². The average Bonchev–Trinajstić information content (AvgIpc) is 3.85. The lowest BCUT2D eigenvalue weighted by Crippen LogP contribution is -2.59. The fraction of sp³-hybridized carbons (Fsp3) is 0.395. The predicted molar refractivity (Wildman–Crippen MR) is 211 cm³/mol. The second kappa shape index (κ2) is 21.6. The van der Waals surface area contributed by atoms with Gasteiger partial charge in [0.05, 0.1) is 12.4 Å². The van der Waals surface area contributed by atoms with E-state index in [0.29, 0.717) is 30.6 Å². The number of aromatic nitrogens is 3. The van der Waals surface area contributed by atoms with Gasteiger partial charge < -0.3 is 59.3 Å². The Morgan fingerprint density at radius 3 is 2.04 bits per heavy atom. The van der Waals surface area contributed by atoms with Crippen molar-refractivity contribution in [3.8, 4) is 0 Å². The molecular weight excluding hydrogens is 720 g/mol. The number of nitrogens with one attached hydrogen (secondary N) is 6. The van der Waals surface area contributed by atoms with E-state index in [4.69, 9.17) is 22.9 Å². The number of aromatic amines is 2. The van der Waals surface area contributed by atoms with E-state index >= 15 is 0 Å². The number of benzene rings is 2. The van der Waals surface area contributed by atoms with Crippen LogP contribution >= 0.6 is 0 Å². The number of hydrogen-bond acceptors (Lipinski definition) is 9. The van der Waals surface area contributed by atoms with Crippen molar-refractivity contribution in [3.05, 3.63) is 90.1 Å². The molecule has 2 aromatic heterocycles. The first-order valence-electron chi connectivity index (χ1n) is 18.5. The molecule has 4 amide bonds. The number of carboxylic acids is 1. The van der Waals surface area contributed by atoms with Gasteiger partial charge in [-0.05, 0) is 55.8 Å². The number of nitrogens with zero attached hydrogens (tertiary/aromatic N) is 2. The zero-order valence-electron chi connectivity index (χ0n) is 31.1. The second-order valence-corrected chi connectivity index (χ2v) is 13.5. The summed E-state index contributed by atoms with van der Waals surface area (Å²) in [6.07, 6.45) is 6.39. The molecule has 18 heteroatoms. The van der Waals surface area contributed by atoms with Crippen LogP contribution in [0.4, 0.5) is 0 Å². The fourth-order valence-electron chi connectivity index (χ4n) is 6.13. The van der Waals surface area contributed by atoms with Gasteiger partial charge in [-0.1, -0.05) is 48.5 Å². The van der Waals surface area contributed by atoms with Crippen LogP contribution in [0.3, 0.4) is 0 Å². The molecule has 0 saturated heterocycles. The van der Waals surface area contributed by atoms with E-state index in [1.807, 2.05) is 30.3 Å². The lowest BCUT2D eigenvalue weighted by atomic mass is 10.0. The van der Waals surface area contributed by atoms with Crippen molar-refractivity contribution in [3.63, 3.8) is 0 Å². The van der Waals surface area contributed by atoms with Crippen molar-refractivity contribution < 1.29 is 29.1 Å². The number of imidazole rings is 1. The fourth-order valence-corrected chi connectivity index (χ4v) is 6.13. The van der Waals surface area contributed by atoms with Crippen LogP contribution in [-0.4, -0.2) is 98.9 Å². The molecule has 0 aliphatic heterocycles. The van der Waals surface area contributed by atoms with Crippen molar-refractivity contribution in [2.45, 2.75) is 81.6 Å². The van der Waals surface area contributed by atoms with Crippen molar-refractivity contribution in [2.24, 2.45) is 27.9 Å². The number of H-pyrrole nitrogens is 2. The third kappa shape index (κ3) is 13.2. The van der Waals surface area contributed by atoms with Crippen molar-refractivity contribution >= 4 is 46.5 Å². The van der Waals surface area contributed by atoms with Gasteiger partial charge in [-0.2, -0.15) is 0 Å². The maximum Gasteiger partial charge on any atom is 0.326 e. The monoisotopic (exact) mass is 772 g/mol. The molecule has 0 radical (unpaired) electrons. The molecule has 2 aromatic carbocycles. The largest absolute Gasteiger partial charge is 0.480 e. The lowest BCUT2D eigenvalue weighted by molar-refractivity contribution is -0.142. The predicted octanol–water partition coefficient (Wildman–Crippen LogP) is -0.547. The number of amides is 4. The Labute approximate surface area is 324 Å². The van der Waals surface area contributed by atoms with Crippen LogP contribution in [0.5, 0.6) is 0 Å². The van der Waals surface area contributed by atoms with E-state index in [1.54, 1.807) is 36.7 Å². The molecule has 0 bridgehead atoms. The number of nitrogens with two attached hydrogens (primary N) is 4. The molecule has 0 saturated carbocycles. The topological polar surface area (TPSA) is 315 Å². The number of aliphatic carboxylic acids is 1. The average molecular weight is 773 g/mol. The van der Waals surface area contributed by atoms with Crippen LogP contribution in [0.2, 0.25) is 0 Å². The number of aliphatic imine (C=N–C) groups is 1. The van der Waals surface area contributed by atoms with Gasteiger partial charge in [0.15, 0.2) is 5.96 Å². The van der Waals surface area contributed by atoms with E-state index in [1.165, 1.54) is 6.33 Å². The van der Waals surface area contributed by atoms with Crippen molar-refractivity contribution in [1.29, 1.82) is 0 Å². The van der Waals surface area contributed by atoms with E-state index in [0.717, 1.165) is 16.5 Å². The second-order valence-electron chi connectivity index (χ2n) is 13.5. The van der Waals surface area contributed by atoms with E-state index in [-0.39, 0.29) is 51.0 Å². The molecule has 15 N–H and O–H groups in total. The van der Waals surface area contributed by atoms with Crippen molar-refractivity contribution in [2.75, 3.05) is 13.1 Å². The summed E-state index contributed by atoms with van der Waals surface area (Å²) in [5.41, 5.74) is 25.7. The number of fused-ring (bicyclic) bond motifs is 1. The molecular formula is C38H52N12O6. The summed E-state index contributed by atoms with van der Waals surface area (Å²) in [7, 11) is 0. The summed E-state index contributed by atoms with van der Waals surface area (Å²) in [5, 5.41) is 21.5. The van der Waals surface area contributed by atoms with Crippen LogP contribution in [0, 0.1) is 0 Å². The SMILES string of the molecule is NCCCC[C@H](NC(=O)[C@H](Cc1c[nH]c2ccccc12)NC(=O)[C@H](CCCN=C(N)N)NC(=O)[C@@H](Cc1ccccc1)NC(=O)[C@@H](N)Cc1cnc[nH]1)C(=O)O. The highest BCUT2D eigenvalue weighted by atomic mass is 16.4. The van der Waals surface area contributed by atoms with Gasteiger partial charge in [0.25, 0.3) is 0 Å². The summed E-state index contributed by atoms with van der Waals surface area (Å²) in [5.74, 6) is -4.11. The molecule has 0 fully saturated rings. The first-order valence-corrected chi connectivity index (χ1v) is 18.5. The van der Waals surface area contributed by atoms with Crippen LogP contribution in [0.25, 0.3) is 10.9 Å². The zero-order valence-corrected chi connectivity index (χ0v) is 31.1. The van der Waals surface area contributed by atoms with Gasteiger partial charge in [0, 0.05) is 54.8 Å². The summed E-state index contributed by atoms with van der Waals surface area (Å²) in [6, 6.07) is 10.5. The Morgan fingerprint density at radius 2 is 1.36 bits per heavy atom. The first-order chi connectivity index (χ1) is 26.9. The minimum Gasteiger partial charge on any atom is -0.480 e. The van der Waals surface area contributed by atoms with E-state index in [9.17, 15) is 29.1 Å². The quantitative estimate of drug-likeness (QED) is 0.0258. The highest BCUT2D eigenvalue weighted by molar-refractivity contribution is 5.96. The van der Waals surface area contributed by atoms with Gasteiger partial charge in [-0.15, -0.1) is 0 Å². The number of para-hydroxylation sites is 1. The highest BCUT2D eigenvalue weighted by Crippen LogP contribution is 2.20. The molecule has 2 heterocycles. The Kier molecular flexibility index (Phi) is 16.4. The normalized spacial score (nSPS) is 13.8. The molecule has 0 aliphatic rings. The molecule has 300 valence electrons. The molecule has 0 aliphatic carbocycles. The van der Waals surface area contributed by atoms with Gasteiger partial charge in [0.1, 0.15) is 24.2 Å². The van der Waals surface area contributed by atoms with Crippen LogP contribution in [0.1, 0.15) is 48.9 Å². The summed E-state index contributed by atoms with van der Waals surface area (Å²) in [6.45, 7) is 0.501. The third-order valence-corrected chi connectivity index (χ3v) is 9.12. The van der Waals surface area contributed by atoms with Gasteiger partial charge in [0.2, 0.25) is 23.6 Å². The maximum atomic E-state index is 14.2. The van der Waals surface area contributed by atoms with Gasteiger partial charge in [-0.25, -0.2) is 9.78 Å². The number of rotatable bonds is 23. The zero-order chi connectivity index (χ0) is 40.5. The summed E-state index contributed by atoms with van der Waals surface area (Å²) < 4.78 is 0. The Hall–Kier alpha value is -6.27. The number of hydrogen-bond donors (Lipinski definition) is 11. The standard InChI is InChI=1S/C38H52N12O6/c39-15-7-6-13-30(37(55)56)48-36(54)32(18-24-20-45-28-12-5-4-11-26(24)28)50-34(52)29(14-8-16-44-38(41)42)47-35(53)31(17-23-9-2-1-3-10-23)49-33(51)27(40)19-25-21-43-22-46-25/h1-5,9-12,20-22,27,29-32,45H,6-8,13-19,39-40H2,(H,43,46)(H,47,53)(H,48,54)(H,49,51)(H,50,52)(H,55,56)(H4,41,42,44)/t27-,29-,30-,31+,32-/m0/s1. The molecule has 0 spiro atoms. The number of unbranched alkanes of at least 4 members (excludes halogenated alkanes) is 1. The summed E-state index contributed by atoms with van der Waals surface area (Å²) in [4.78, 5) is 81.5. The van der Waals surface area contributed by atoms with Crippen LogP contribution < -0.4 is 44.2 Å². The molecule has 4 aromatic rings. The van der Waals surface area contributed by atoms with Crippen LogP contribution in [0.15, 0.2) is 78.3 Å². The Bertz CT molecular complexity index is 1910. The molecule has 56 heavy (non-hydrogen) atoms. The number of carbonyl (C=O) groups is 5. The molecule has 5 atom stereocenters. The Balaban J connectivity index is 1.60. The maximum absolute atomic E-state index is 14.2. The lowest BCUT2D eigenvalue weighted by Gasteiger charge is -2.26. The minimum atomic E-state index is -1.25. The van der Waals surface area contributed by atoms with Crippen molar-refractivity contribution in [1.82, 2.24) is 36.2 Å². The third-order valence-electron chi connectivity index (χ3n) is 9.12. The van der Waals surface area contributed by atoms with Gasteiger partial charge >= 0.3 is 5.97 Å². The molecule has 4 rings (SSSR count). The minimum absolute atomic E-state index is 0.00764. The smallest absolute Gasteiger partial charge is 0.326 e. The van der Waals surface area contributed by atoms with E-state index < -0.39 is 59.8 Å². The number of carbonyl (C=O) groups excluding carboxylic acids is 4. The molecule has 0 unspecified atom stereocenters. The summed E-state index contributed by atoms with van der Waals surface area (Å²) >= 11 is 0. The molecule has 18 nitrogen and oxygen atoms in total. The first kappa shape index (κ1) is 42.5.